The fourth-order valence-electron chi connectivity index (χ4n) is 1.84. The highest BCUT2D eigenvalue weighted by molar-refractivity contribution is 5.82. The number of esters is 1. The number of carbonyl (C=O) groups is 2. The highest BCUT2D eigenvalue weighted by Crippen LogP contribution is 2.11. The third-order valence-electron chi connectivity index (χ3n) is 2.90. The van der Waals surface area contributed by atoms with E-state index in [0.717, 1.165) is 16.9 Å². The predicted octanol–water partition coefficient (Wildman–Crippen LogP) is 1.34. The number of ether oxygens (including phenoxy) is 1. The fourth-order valence-corrected chi connectivity index (χ4v) is 1.84. The second kappa shape index (κ2) is 7.23. The molecule has 0 unspecified atom stereocenters. The van der Waals surface area contributed by atoms with Crippen LogP contribution in [0.5, 0.6) is 0 Å². The summed E-state index contributed by atoms with van der Waals surface area (Å²) >= 11 is 0. The summed E-state index contributed by atoms with van der Waals surface area (Å²) in [5.74, 6) is 0.257. The Morgan fingerprint density at radius 2 is 2.19 bits per heavy atom. The van der Waals surface area contributed by atoms with Crippen molar-refractivity contribution in [2.45, 2.75) is 12.8 Å². The topological polar surface area (TPSA) is 84.1 Å². The van der Waals surface area contributed by atoms with Gasteiger partial charge < -0.3 is 15.0 Å². The predicted molar refractivity (Wildman–Crippen MR) is 78.6 cm³/mol. The molecule has 6 heteroatoms. The first-order valence-electron chi connectivity index (χ1n) is 6.64. The van der Waals surface area contributed by atoms with E-state index in [9.17, 15) is 9.59 Å². The van der Waals surface area contributed by atoms with Crippen LogP contribution in [0.25, 0.3) is 11.0 Å². The summed E-state index contributed by atoms with van der Waals surface area (Å²) in [6.45, 7) is 0.300. The average Bonchev–Trinajstić information content (AvgIpc) is 2.92. The molecule has 1 aromatic heterocycles. The number of benzene rings is 1. The molecule has 0 aliphatic rings. The van der Waals surface area contributed by atoms with E-state index in [2.05, 4.69) is 20.0 Å². The van der Waals surface area contributed by atoms with Gasteiger partial charge in [0.25, 0.3) is 0 Å². The van der Waals surface area contributed by atoms with Crippen LogP contribution in [0.4, 0.5) is 0 Å². The van der Waals surface area contributed by atoms with E-state index >= 15 is 0 Å². The van der Waals surface area contributed by atoms with E-state index in [4.69, 9.17) is 0 Å². The molecule has 2 aromatic rings. The van der Waals surface area contributed by atoms with Gasteiger partial charge in [-0.15, -0.1) is 0 Å². The minimum atomic E-state index is -0.438. The molecule has 1 amide bonds. The number of imidazole rings is 1. The van der Waals surface area contributed by atoms with E-state index < -0.39 is 5.97 Å². The van der Waals surface area contributed by atoms with E-state index in [1.54, 1.807) is 6.08 Å². The summed E-state index contributed by atoms with van der Waals surface area (Å²) in [6.07, 6.45) is 3.71. The number of para-hydroxylation sites is 2. The minimum Gasteiger partial charge on any atom is -0.466 e. The van der Waals surface area contributed by atoms with Gasteiger partial charge >= 0.3 is 5.97 Å². The Hall–Kier alpha value is -2.63. The third-order valence-corrected chi connectivity index (χ3v) is 2.90. The molecule has 6 nitrogen and oxygen atoms in total. The fraction of sp³-hybridized carbons (Fsp3) is 0.267. The maximum atomic E-state index is 11.6. The van der Waals surface area contributed by atoms with Crippen LogP contribution in [0.1, 0.15) is 12.2 Å². The number of hydrogen-bond acceptors (Lipinski definition) is 4. The van der Waals surface area contributed by atoms with Crippen molar-refractivity contribution in [3.05, 3.63) is 42.2 Å². The number of carbonyl (C=O) groups excluding carboxylic acids is 2. The lowest BCUT2D eigenvalue weighted by molar-refractivity contribution is -0.134. The smallest absolute Gasteiger partial charge is 0.330 e. The summed E-state index contributed by atoms with van der Waals surface area (Å²) in [5, 5.41) is 2.69. The van der Waals surface area contributed by atoms with Crippen LogP contribution in [0.3, 0.4) is 0 Å². The minimum absolute atomic E-state index is 0.0926. The molecule has 0 saturated heterocycles. The van der Waals surface area contributed by atoms with E-state index in [1.807, 2.05) is 24.3 Å². The molecule has 110 valence electrons. The summed E-state index contributed by atoms with van der Waals surface area (Å²) < 4.78 is 4.44. The molecule has 0 bridgehead atoms. The number of aromatic nitrogens is 2. The monoisotopic (exact) mass is 287 g/mol. The van der Waals surface area contributed by atoms with E-state index in [0.29, 0.717) is 19.4 Å². The SMILES string of the molecule is COC(=O)/C=C/CNC(=O)CCc1nc2ccccc2[nH]1. The Labute approximate surface area is 122 Å². The van der Waals surface area contributed by atoms with Gasteiger partial charge in [-0.2, -0.15) is 0 Å². The third kappa shape index (κ3) is 4.45. The first-order valence-corrected chi connectivity index (χ1v) is 6.64. The molecule has 1 heterocycles. The van der Waals surface area contributed by atoms with Gasteiger partial charge in [-0.25, -0.2) is 9.78 Å². The van der Waals surface area contributed by atoms with E-state index in [1.165, 1.54) is 13.2 Å². The number of hydrogen-bond donors (Lipinski definition) is 2. The lowest BCUT2D eigenvalue weighted by Crippen LogP contribution is -2.23. The molecule has 0 spiro atoms. The zero-order valence-electron chi connectivity index (χ0n) is 11.8. The van der Waals surface area contributed by atoms with Crippen molar-refractivity contribution in [2.75, 3.05) is 13.7 Å². The van der Waals surface area contributed by atoms with Crippen LogP contribution in [0.15, 0.2) is 36.4 Å². The van der Waals surface area contributed by atoms with Crippen molar-refractivity contribution >= 4 is 22.9 Å². The zero-order chi connectivity index (χ0) is 15.1. The molecular formula is C15H17N3O3. The zero-order valence-corrected chi connectivity index (χ0v) is 11.8. The van der Waals surface area contributed by atoms with E-state index in [-0.39, 0.29) is 5.91 Å². The van der Waals surface area contributed by atoms with Crippen molar-refractivity contribution in [1.29, 1.82) is 0 Å². The maximum Gasteiger partial charge on any atom is 0.330 e. The van der Waals surface area contributed by atoms with Gasteiger partial charge in [0.2, 0.25) is 5.91 Å². The highest BCUT2D eigenvalue weighted by Gasteiger charge is 2.05. The van der Waals surface area contributed by atoms with Crippen LogP contribution in [-0.4, -0.2) is 35.5 Å². The molecule has 0 fully saturated rings. The van der Waals surface area contributed by atoms with Crippen LogP contribution >= 0.6 is 0 Å². The number of fused-ring (bicyclic) bond motifs is 1. The number of aryl methyl sites for hydroxylation is 1. The van der Waals surface area contributed by atoms with Gasteiger partial charge in [0.15, 0.2) is 0 Å². The summed E-state index contributed by atoms with van der Waals surface area (Å²) in [7, 11) is 1.30. The van der Waals surface area contributed by atoms with Gasteiger partial charge in [0.1, 0.15) is 5.82 Å². The Balaban J connectivity index is 1.76. The Kier molecular flexibility index (Phi) is 5.09. The first-order chi connectivity index (χ1) is 10.2. The van der Waals surface area contributed by atoms with Crippen molar-refractivity contribution in [1.82, 2.24) is 15.3 Å². The molecule has 0 atom stereocenters. The van der Waals surface area contributed by atoms with Gasteiger partial charge in [-0.3, -0.25) is 4.79 Å². The largest absolute Gasteiger partial charge is 0.466 e. The maximum absolute atomic E-state index is 11.6. The number of rotatable bonds is 6. The molecule has 2 N–H and O–H groups in total. The van der Waals surface area contributed by atoms with Gasteiger partial charge in [0, 0.05) is 25.5 Å². The van der Waals surface area contributed by atoms with Crippen LogP contribution < -0.4 is 5.32 Å². The standard InChI is InChI=1S/C15H17N3O3/c1-21-15(20)7-4-10-16-14(19)9-8-13-17-11-5-2-3-6-12(11)18-13/h2-7H,8-10H2,1H3,(H,16,19)(H,17,18)/b7-4+. The molecule has 1 aromatic carbocycles. The number of aromatic amines is 1. The molecule has 0 aliphatic carbocycles. The Bertz CT molecular complexity index is 628. The highest BCUT2D eigenvalue weighted by atomic mass is 16.5. The summed E-state index contributed by atoms with van der Waals surface area (Å²) in [4.78, 5) is 30.0. The molecule has 0 aliphatic heterocycles. The molecule has 0 radical (unpaired) electrons. The molecule has 21 heavy (non-hydrogen) atoms. The van der Waals surface area contributed by atoms with Crippen LogP contribution in [0.2, 0.25) is 0 Å². The molecule has 0 saturated carbocycles. The quantitative estimate of drug-likeness (QED) is 0.620. The van der Waals surface area contributed by atoms with Crippen molar-refractivity contribution in [3.8, 4) is 0 Å². The number of H-pyrrole nitrogens is 1. The second-order valence-electron chi connectivity index (χ2n) is 4.43. The average molecular weight is 287 g/mol. The van der Waals surface area contributed by atoms with Crippen molar-refractivity contribution in [3.63, 3.8) is 0 Å². The van der Waals surface area contributed by atoms with Crippen LogP contribution in [-0.2, 0) is 20.7 Å². The number of methoxy groups -OCH3 is 1. The second-order valence-corrected chi connectivity index (χ2v) is 4.43. The Morgan fingerprint density at radius 3 is 2.95 bits per heavy atom. The number of amides is 1. The van der Waals surface area contributed by atoms with Crippen molar-refractivity contribution < 1.29 is 14.3 Å². The molecule has 2 rings (SSSR count). The summed E-state index contributed by atoms with van der Waals surface area (Å²) in [5.41, 5.74) is 1.86. The van der Waals surface area contributed by atoms with Crippen LogP contribution in [0, 0.1) is 0 Å². The lowest BCUT2D eigenvalue weighted by atomic mass is 10.3. The number of nitrogens with one attached hydrogen (secondary N) is 2. The number of nitrogens with zero attached hydrogens (tertiary/aromatic N) is 1. The first kappa shape index (κ1) is 14.8. The Morgan fingerprint density at radius 1 is 1.38 bits per heavy atom. The lowest BCUT2D eigenvalue weighted by Gasteiger charge is -2.00. The summed E-state index contributed by atoms with van der Waals surface area (Å²) in [6, 6.07) is 7.73. The normalized spacial score (nSPS) is 10.9. The van der Waals surface area contributed by atoms with Gasteiger partial charge in [0.05, 0.1) is 18.1 Å². The molecular weight excluding hydrogens is 270 g/mol. The van der Waals surface area contributed by atoms with Gasteiger partial charge in [-0.1, -0.05) is 18.2 Å². The van der Waals surface area contributed by atoms with Gasteiger partial charge in [-0.05, 0) is 12.1 Å². The van der Waals surface area contributed by atoms with Crippen molar-refractivity contribution in [2.24, 2.45) is 0 Å².